The lowest BCUT2D eigenvalue weighted by atomic mass is 10.1. The quantitative estimate of drug-likeness (QED) is 0.841. The first-order valence-corrected chi connectivity index (χ1v) is 7.31. The number of carbonyl (C=O) groups excluding carboxylic acids is 1. The average molecular weight is 294 g/mol. The minimum Gasteiger partial charge on any atom is -0.396 e. The summed E-state index contributed by atoms with van der Waals surface area (Å²) < 4.78 is 1.70. The maximum atomic E-state index is 12.0. The number of aliphatic hydroxyl groups is 1. The van der Waals surface area contributed by atoms with Crippen LogP contribution in [0.3, 0.4) is 0 Å². The molecule has 0 aliphatic carbocycles. The maximum Gasteiger partial charge on any atom is 0.270 e. The third-order valence-electron chi connectivity index (χ3n) is 2.92. The summed E-state index contributed by atoms with van der Waals surface area (Å²) in [4.78, 5) is 16.3. The minimum atomic E-state index is -0.179. The van der Waals surface area contributed by atoms with Gasteiger partial charge in [-0.25, -0.2) is 4.98 Å². The topological polar surface area (TPSA) is 80.0 Å². The molecule has 7 heteroatoms. The van der Waals surface area contributed by atoms with E-state index in [1.807, 2.05) is 20.2 Å². The molecule has 0 spiro atoms. The van der Waals surface area contributed by atoms with Gasteiger partial charge in [-0.05, 0) is 12.3 Å². The van der Waals surface area contributed by atoms with Crippen molar-refractivity contribution in [1.82, 2.24) is 20.1 Å². The number of nitrogens with one attached hydrogen (secondary N) is 1. The maximum absolute atomic E-state index is 12.0. The van der Waals surface area contributed by atoms with Gasteiger partial charge in [0.2, 0.25) is 0 Å². The highest BCUT2D eigenvalue weighted by Crippen LogP contribution is 2.22. The van der Waals surface area contributed by atoms with E-state index in [-0.39, 0.29) is 18.4 Å². The van der Waals surface area contributed by atoms with Gasteiger partial charge in [0.15, 0.2) is 0 Å². The zero-order valence-electron chi connectivity index (χ0n) is 11.5. The summed E-state index contributed by atoms with van der Waals surface area (Å²) in [7, 11) is 1.84. The lowest BCUT2D eigenvalue weighted by molar-refractivity contribution is 0.0941. The fourth-order valence-corrected chi connectivity index (χ4v) is 2.50. The molecular weight excluding hydrogens is 276 g/mol. The predicted octanol–water partition coefficient (Wildman–Crippen LogP) is 1.29. The van der Waals surface area contributed by atoms with E-state index in [1.54, 1.807) is 16.3 Å². The van der Waals surface area contributed by atoms with Crippen molar-refractivity contribution >= 4 is 17.2 Å². The van der Waals surface area contributed by atoms with Gasteiger partial charge in [-0.15, -0.1) is 11.3 Å². The van der Waals surface area contributed by atoms with Crippen LogP contribution in [0, 0.1) is 5.92 Å². The third kappa shape index (κ3) is 3.64. The molecule has 0 aromatic carbocycles. The van der Waals surface area contributed by atoms with Crippen LogP contribution in [0.2, 0.25) is 0 Å². The molecule has 2 heterocycles. The Labute approximate surface area is 121 Å². The molecule has 0 radical (unpaired) electrons. The van der Waals surface area contributed by atoms with Crippen LogP contribution in [-0.2, 0) is 7.05 Å². The number of rotatable bonds is 6. The summed E-state index contributed by atoms with van der Waals surface area (Å²) in [6.07, 6.45) is 4.27. The van der Waals surface area contributed by atoms with Gasteiger partial charge in [0.05, 0.1) is 6.20 Å². The number of carbonyl (C=O) groups is 1. The molecule has 1 atom stereocenters. The van der Waals surface area contributed by atoms with E-state index >= 15 is 0 Å². The van der Waals surface area contributed by atoms with Gasteiger partial charge in [0, 0.05) is 37.3 Å². The molecule has 0 fully saturated rings. The highest BCUT2D eigenvalue weighted by atomic mass is 32.1. The van der Waals surface area contributed by atoms with Gasteiger partial charge in [-0.2, -0.15) is 5.10 Å². The molecule has 1 amide bonds. The van der Waals surface area contributed by atoms with Crippen molar-refractivity contribution < 1.29 is 9.90 Å². The van der Waals surface area contributed by atoms with Crippen LogP contribution in [0.15, 0.2) is 17.8 Å². The normalized spacial score (nSPS) is 12.3. The summed E-state index contributed by atoms with van der Waals surface area (Å²) in [6, 6.07) is 0. The van der Waals surface area contributed by atoms with E-state index in [2.05, 4.69) is 15.4 Å². The Kier molecular flexibility index (Phi) is 4.86. The molecule has 2 aromatic rings. The van der Waals surface area contributed by atoms with Crippen molar-refractivity contribution in [2.45, 2.75) is 13.3 Å². The van der Waals surface area contributed by atoms with Crippen LogP contribution in [0.25, 0.3) is 10.6 Å². The summed E-state index contributed by atoms with van der Waals surface area (Å²) in [5, 5.41) is 18.3. The van der Waals surface area contributed by atoms with Gasteiger partial charge < -0.3 is 10.4 Å². The second kappa shape index (κ2) is 6.62. The zero-order chi connectivity index (χ0) is 14.5. The zero-order valence-corrected chi connectivity index (χ0v) is 12.4. The van der Waals surface area contributed by atoms with Crippen molar-refractivity contribution in [3.05, 3.63) is 23.5 Å². The summed E-state index contributed by atoms with van der Waals surface area (Å²) >= 11 is 1.42. The van der Waals surface area contributed by atoms with Gasteiger partial charge in [-0.3, -0.25) is 9.48 Å². The first kappa shape index (κ1) is 14.7. The molecule has 0 saturated heterocycles. The van der Waals surface area contributed by atoms with E-state index in [9.17, 15) is 4.79 Å². The van der Waals surface area contributed by atoms with Gasteiger partial charge in [-0.1, -0.05) is 6.92 Å². The minimum absolute atomic E-state index is 0.138. The third-order valence-corrected chi connectivity index (χ3v) is 3.81. The molecule has 2 N–H and O–H groups in total. The van der Waals surface area contributed by atoms with Crippen molar-refractivity contribution in [2.75, 3.05) is 13.2 Å². The van der Waals surface area contributed by atoms with E-state index in [0.717, 1.165) is 10.6 Å². The van der Waals surface area contributed by atoms with Gasteiger partial charge >= 0.3 is 0 Å². The summed E-state index contributed by atoms with van der Waals surface area (Å²) in [5.41, 5.74) is 1.33. The summed E-state index contributed by atoms with van der Waals surface area (Å²) in [6.45, 7) is 2.66. The van der Waals surface area contributed by atoms with Crippen molar-refractivity contribution in [2.24, 2.45) is 13.0 Å². The number of thiazole rings is 1. The number of hydrogen-bond acceptors (Lipinski definition) is 5. The molecule has 0 saturated carbocycles. The molecule has 6 nitrogen and oxygen atoms in total. The molecule has 2 rings (SSSR count). The fraction of sp³-hybridized carbons (Fsp3) is 0.462. The van der Waals surface area contributed by atoms with E-state index < -0.39 is 0 Å². The molecule has 2 aromatic heterocycles. The van der Waals surface area contributed by atoms with E-state index in [1.165, 1.54) is 11.3 Å². The molecule has 0 bridgehead atoms. The molecule has 0 aliphatic heterocycles. The molecule has 1 unspecified atom stereocenters. The SMILES string of the molecule is CC(CCO)CNC(=O)c1csc(-c2cnn(C)c2)n1. The van der Waals surface area contributed by atoms with Crippen molar-refractivity contribution in [3.63, 3.8) is 0 Å². The van der Waals surface area contributed by atoms with Gasteiger partial charge in [0.1, 0.15) is 10.7 Å². The molecular formula is C13H18N4O2S. The lowest BCUT2D eigenvalue weighted by Crippen LogP contribution is -2.28. The lowest BCUT2D eigenvalue weighted by Gasteiger charge is -2.09. The second-order valence-electron chi connectivity index (χ2n) is 4.77. The smallest absolute Gasteiger partial charge is 0.270 e. The number of hydrogen-bond donors (Lipinski definition) is 2. The first-order chi connectivity index (χ1) is 9.60. The Morgan fingerprint density at radius 2 is 2.40 bits per heavy atom. The number of aromatic nitrogens is 3. The Hall–Kier alpha value is -1.73. The molecule has 20 heavy (non-hydrogen) atoms. The number of aliphatic hydroxyl groups excluding tert-OH is 1. The summed E-state index contributed by atoms with van der Waals surface area (Å²) in [5.74, 6) is 0.0709. The fourth-order valence-electron chi connectivity index (χ4n) is 1.72. The number of amides is 1. The number of nitrogens with zero attached hydrogens (tertiary/aromatic N) is 3. The van der Waals surface area contributed by atoms with Crippen LogP contribution in [0.4, 0.5) is 0 Å². The second-order valence-corrected chi connectivity index (χ2v) is 5.63. The Balaban J connectivity index is 1.96. The van der Waals surface area contributed by atoms with Crippen LogP contribution in [0.5, 0.6) is 0 Å². The largest absolute Gasteiger partial charge is 0.396 e. The first-order valence-electron chi connectivity index (χ1n) is 6.43. The Morgan fingerprint density at radius 1 is 1.60 bits per heavy atom. The highest BCUT2D eigenvalue weighted by Gasteiger charge is 2.13. The van der Waals surface area contributed by atoms with Crippen LogP contribution in [-0.4, -0.2) is 38.9 Å². The van der Waals surface area contributed by atoms with Gasteiger partial charge in [0.25, 0.3) is 5.91 Å². The van der Waals surface area contributed by atoms with E-state index in [4.69, 9.17) is 5.11 Å². The van der Waals surface area contributed by atoms with Crippen LogP contribution in [0.1, 0.15) is 23.8 Å². The van der Waals surface area contributed by atoms with Crippen LogP contribution < -0.4 is 5.32 Å². The monoisotopic (exact) mass is 294 g/mol. The molecule has 108 valence electrons. The average Bonchev–Trinajstić information content (AvgIpc) is 3.04. The Morgan fingerprint density at radius 3 is 3.05 bits per heavy atom. The van der Waals surface area contributed by atoms with Crippen LogP contribution >= 0.6 is 11.3 Å². The highest BCUT2D eigenvalue weighted by molar-refractivity contribution is 7.13. The Bertz CT molecular complexity index is 578. The van der Waals surface area contributed by atoms with Crippen molar-refractivity contribution in [1.29, 1.82) is 0 Å². The number of aryl methyl sites for hydroxylation is 1. The van der Waals surface area contributed by atoms with E-state index in [0.29, 0.717) is 18.7 Å². The predicted molar refractivity (Wildman–Crippen MR) is 77.5 cm³/mol. The molecule has 0 aliphatic rings. The standard InChI is InChI=1S/C13H18N4O2S/c1-9(3-4-18)5-14-12(19)11-8-20-13(16-11)10-6-15-17(2)7-10/h6-9,18H,3-5H2,1-2H3,(H,14,19). The van der Waals surface area contributed by atoms with Crippen molar-refractivity contribution in [3.8, 4) is 10.6 Å².